The van der Waals surface area contributed by atoms with Crippen LogP contribution >= 0.6 is 0 Å². The predicted molar refractivity (Wildman–Crippen MR) is 55.3 cm³/mol. The number of carbonyl (C=O) groups excluding carboxylic acids is 1. The average Bonchev–Trinajstić information content (AvgIpc) is 2.27. The first-order valence-electron chi connectivity index (χ1n) is 5.17. The summed E-state index contributed by atoms with van der Waals surface area (Å²) in [5.74, 6) is -2.19. The van der Waals surface area contributed by atoms with Gasteiger partial charge < -0.3 is 9.47 Å². The number of hydrogen-bond donors (Lipinski definition) is 0. The molecule has 1 aromatic carbocycles. The van der Waals surface area contributed by atoms with Crippen LogP contribution in [0.25, 0.3) is 0 Å². The van der Waals surface area contributed by atoms with Gasteiger partial charge in [0.05, 0.1) is 20.3 Å². The Balaban J connectivity index is 2.18. The molecule has 0 atom stereocenters. The molecule has 0 N–H and O–H groups in total. The van der Waals surface area contributed by atoms with Crippen molar-refractivity contribution in [3.8, 4) is 0 Å². The lowest BCUT2D eigenvalue weighted by Crippen LogP contribution is -2.51. The Kier molecular flexibility index (Phi) is 3.11. The molecule has 3 nitrogen and oxygen atoms in total. The number of benzene rings is 1. The molecule has 0 radical (unpaired) electrons. The summed E-state index contributed by atoms with van der Waals surface area (Å²) in [6.45, 7) is 0.497. The largest absolute Gasteiger partial charge is 0.468 e. The monoisotopic (exact) mass is 242 g/mol. The Labute approximate surface area is 97.3 Å². The fourth-order valence-electron chi connectivity index (χ4n) is 1.90. The molecule has 1 fully saturated rings. The minimum atomic E-state index is -0.914. The van der Waals surface area contributed by atoms with Crippen LogP contribution in [-0.2, 0) is 20.7 Å². The molecule has 17 heavy (non-hydrogen) atoms. The maximum atomic E-state index is 13.0. The van der Waals surface area contributed by atoms with Gasteiger partial charge >= 0.3 is 5.97 Å². The van der Waals surface area contributed by atoms with E-state index in [4.69, 9.17) is 9.47 Å². The van der Waals surface area contributed by atoms with Gasteiger partial charge in [0.25, 0.3) is 0 Å². The summed E-state index contributed by atoms with van der Waals surface area (Å²) in [5.41, 5.74) is -0.198. The van der Waals surface area contributed by atoms with Gasteiger partial charge in [0, 0.05) is 0 Å². The van der Waals surface area contributed by atoms with Gasteiger partial charge in [0.1, 0.15) is 5.41 Å². The van der Waals surface area contributed by atoms with Gasteiger partial charge in [-0.1, -0.05) is 6.07 Å². The van der Waals surface area contributed by atoms with E-state index in [0.717, 1.165) is 12.1 Å². The van der Waals surface area contributed by atoms with Crippen LogP contribution < -0.4 is 0 Å². The van der Waals surface area contributed by atoms with Crippen molar-refractivity contribution in [2.45, 2.75) is 6.42 Å². The molecule has 0 saturated carbocycles. The number of rotatable bonds is 3. The van der Waals surface area contributed by atoms with Crippen molar-refractivity contribution in [2.75, 3.05) is 20.3 Å². The van der Waals surface area contributed by atoms with Gasteiger partial charge in [-0.05, 0) is 24.1 Å². The number of esters is 1. The number of hydrogen-bond acceptors (Lipinski definition) is 3. The van der Waals surface area contributed by atoms with E-state index in [9.17, 15) is 13.6 Å². The molecule has 0 amide bonds. The van der Waals surface area contributed by atoms with Gasteiger partial charge in [-0.2, -0.15) is 0 Å². The second-order valence-corrected chi connectivity index (χ2v) is 4.19. The summed E-state index contributed by atoms with van der Waals surface area (Å²) < 4.78 is 35.5. The molecule has 0 aromatic heterocycles. The summed E-state index contributed by atoms with van der Waals surface area (Å²) in [6, 6.07) is 3.61. The molecule has 5 heteroatoms. The Morgan fingerprint density at radius 2 is 2.12 bits per heavy atom. The molecule has 1 aliphatic rings. The van der Waals surface area contributed by atoms with Crippen LogP contribution in [0.4, 0.5) is 8.78 Å². The molecule has 1 aromatic rings. The Hall–Kier alpha value is -1.49. The van der Waals surface area contributed by atoms with E-state index in [0.29, 0.717) is 5.56 Å². The van der Waals surface area contributed by atoms with E-state index < -0.39 is 17.0 Å². The van der Waals surface area contributed by atoms with E-state index in [-0.39, 0.29) is 25.6 Å². The van der Waals surface area contributed by atoms with Crippen LogP contribution in [0, 0.1) is 17.0 Å². The van der Waals surface area contributed by atoms with E-state index >= 15 is 0 Å². The quantitative estimate of drug-likeness (QED) is 0.757. The summed E-state index contributed by atoms with van der Waals surface area (Å²) in [7, 11) is 1.30. The van der Waals surface area contributed by atoms with E-state index in [2.05, 4.69) is 0 Å². The molecule has 1 heterocycles. The van der Waals surface area contributed by atoms with Gasteiger partial charge in [-0.3, -0.25) is 4.79 Å². The van der Waals surface area contributed by atoms with Gasteiger partial charge in [0.2, 0.25) is 0 Å². The Morgan fingerprint density at radius 3 is 2.59 bits per heavy atom. The molecular formula is C12H12F2O3. The van der Waals surface area contributed by atoms with Crippen LogP contribution in [0.3, 0.4) is 0 Å². The van der Waals surface area contributed by atoms with E-state index in [1.807, 2.05) is 0 Å². The predicted octanol–water partition coefficient (Wildman–Crippen LogP) is 1.70. The molecule has 0 aliphatic carbocycles. The topological polar surface area (TPSA) is 35.5 Å². The van der Waals surface area contributed by atoms with Crippen molar-refractivity contribution < 1.29 is 23.0 Å². The maximum absolute atomic E-state index is 13.0. The fraction of sp³-hybridized carbons (Fsp3) is 0.417. The Morgan fingerprint density at radius 1 is 1.41 bits per heavy atom. The lowest BCUT2D eigenvalue weighted by atomic mass is 9.80. The molecule has 0 spiro atoms. The minimum absolute atomic E-state index is 0.249. The molecule has 2 rings (SSSR count). The minimum Gasteiger partial charge on any atom is -0.468 e. The first-order valence-corrected chi connectivity index (χ1v) is 5.17. The van der Waals surface area contributed by atoms with Crippen molar-refractivity contribution in [3.63, 3.8) is 0 Å². The number of methoxy groups -OCH3 is 1. The first-order chi connectivity index (χ1) is 8.07. The SMILES string of the molecule is COC(=O)C1(Cc2ccc(F)c(F)c2)COC1. The number of carbonyl (C=O) groups is 1. The second kappa shape index (κ2) is 4.41. The zero-order chi connectivity index (χ0) is 12.5. The molecular weight excluding hydrogens is 230 g/mol. The van der Waals surface area contributed by atoms with Gasteiger partial charge in [-0.15, -0.1) is 0 Å². The third kappa shape index (κ3) is 2.15. The summed E-state index contributed by atoms with van der Waals surface area (Å²) in [5, 5.41) is 0. The van der Waals surface area contributed by atoms with Crippen LogP contribution in [0.15, 0.2) is 18.2 Å². The highest BCUT2D eigenvalue weighted by Gasteiger charge is 2.47. The lowest BCUT2D eigenvalue weighted by molar-refractivity contribution is -0.182. The van der Waals surface area contributed by atoms with Crippen molar-refractivity contribution in [2.24, 2.45) is 5.41 Å². The molecule has 0 bridgehead atoms. The molecule has 1 saturated heterocycles. The lowest BCUT2D eigenvalue weighted by Gasteiger charge is -2.38. The summed E-state index contributed by atoms with van der Waals surface area (Å²) in [4.78, 5) is 11.6. The third-order valence-corrected chi connectivity index (χ3v) is 2.90. The highest BCUT2D eigenvalue weighted by molar-refractivity contribution is 5.78. The van der Waals surface area contributed by atoms with Crippen LogP contribution in [0.5, 0.6) is 0 Å². The highest BCUT2D eigenvalue weighted by atomic mass is 19.2. The van der Waals surface area contributed by atoms with Crippen molar-refractivity contribution in [1.82, 2.24) is 0 Å². The van der Waals surface area contributed by atoms with Crippen LogP contribution in [0.2, 0.25) is 0 Å². The fourth-order valence-corrected chi connectivity index (χ4v) is 1.90. The van der Waals surface area contributed by atoms with Crippen LogP contribution in [-0.4, -0.2) is 26.3 Å². The second-order valence-electron chi connectivity index (χ2n) is 4.19. The third-order valence-electron chi connectivity index (χ3n) is 2.90. The molecule has 1 aliphatic heterocycles. The summed E-state index contributed by atoms with van der Waals surface area (Å²) in [6.07, 6.45) is 0.289. The normalized spacial score (nSPS) is 17.4. The average molecular weight is 242 g/mol. The van der Waals surface area contributed by atoms with Gasteiger partial charge in [0.15, 0.2) is 11.6 Å². The van der Waals surface area contributed by atoms with Crippen molar-refractivity contribution in [3.05, 3.63) is 35.4 Å². The summed E-state index contributed by atoms with van der Waals surface area (Å²) >= 11 is 0. The molecule has 92 valence electrons. The van der Waals surface area contributed by atoms with Crippen molar-refractivity contribution >= 4 is 5.97 Å². The first kappa shape index (κ1) is 12.0. The standard InChI is InChI=1S/C12H12F2O3/c1-16-11(15)12(6-17-7-12)5-8-2-3-9(13)10(14)4-8/h2-4H,5-7H2,1H3. The smallest absolute Gasteiger partial charge is 0.316 e. The van der Waals surface area contributed by atoms with Gasteiger partial charge in [-0.25, -0.2) is 8.78 Å². The highest BCUT2D eigenvalue weighted by Crippen LogP contribution is 2.33. The Bertz CT molecular complexity index is 441. The van der Waals surface area contributed by atoms with Crippen molar-refractivity contribution in [1.29, 1.82) is 0 Å². The zero-order valence-electron chi connectivity index (χ0n) is 9.33. The number of halogens is 2. The number of ether oxygens (including phenoxy) is 2. The van der Waals surface area contributed by atoms with E-state index in [1.54, 1.807) is 0 Å². The molecule has 0 unspecified atom stereocenters. The maximum Gasteiger partial charge on any atom is 0.316 e. The van der Waals surface area contributed by atoms with Crippen LogP contribution in [0.1, 0.15) is 5.56 Å². The zero-order valence-corrected chi connectivity index (χ0v) is 9.33. The van der Waals surface area contributed by atoms with E-state index in [1.165, 1.54) is 13.2 Å².